The van der Waals surface area contributed by atoms with E-state index in [1.165, 1.54) is 18.1 Å². The first-order chi connectivity index (χ1) is 9.74. The summed E-state index contributed by atoms with van der Waals surface area (Å²) in [6.07, 6.45) is 4.13. The fourth-order valence-corrected chi connectivity index (χ4v) is 2.43. The van der Waals surface area contributed by atoms with Crippen molar-refractivity contribution in [3.8, 4) is 5.75 Å². The van der Waals surface area contributed by atoms with Crippen LogP contribution in [-0.4, -0.2) is 28.6 Å². The van der Waals surface area contributed by atoms with Crippen molar-refractivity contribution in [3.63, 3.8) is 0 Å². The third-order valence-electron chi connectivity index (χ3n) is 2.42. The van der Waals surface area contributed by atoms with E-state index in [0.29, 0.717) is 16.6 Å². The molecular weight excluding hydrogens is 296 g/mol. The van der Waals surface area contributed by atoms with Gasteiger partial charge in [0.15, 0.2) is 11.6 Å². The fourth-order valence-electron chi connectivity index (χ4n) is 1.51. The second-order valence-corrected chi connectivity index (χ2v) is 5.35. The lowest BCUT2D eigenvalue weighted by molar-refractivity contribution is 0.400. The van der Waals surface area contributed by atoms with Gasteiger partial charge in [-0.1, -0.05) is 18.5 Å². The Morgan fingerprint density at radius 3 is 2.80 bits per heavy atom. The molecule has 2 heterocycles. The van der Waals surface area contributed by atoms with Gasteiger partial charge in [0.1, 0.15) is 16.4 Å². The molecule has 20 heavy (non-hydrogen) atoms. The Morgan fingerprint density at radius 2 is 2.15 bits per heavy atom. The summed E-state index contributed by atoms with van der Waals surface area (Å²) in [5.41, 5.74) is 0. The van der Waals surface area contributed by atoms with Gasteiger partial charge < -0.3 is 10.1 Å². The maximum Gasteiger partial charge on any atom is 0.194 e. The van der Waals surface area contributed by atoms with Gasteiger partial charge in [-0.15, -0.1) is 0 Å². The highest BCUT2D eigenvalue weighted by Crippen LogP contribution is 2.35. The largest absolute Gasteiger partial charge is 0.490 e. The highest BCUT2D eigenvalue weighted by atomic mass is 35.5. The lowest BCUT2D eigenvalue weighted by Gasteiger charge is -2.11. The van der Waals surface area contributed by atoms with Crippen molar-refractivity contribution in [2.24, 2.45) is 0 Å². The summed E-state index contributed by atoms with van der Waals surface area (Å²) >= 11 is 7.23. The van der Waals surface area contributed by atoms with Crippen LogP contribution in [-0.2, 0) is 0 Å². The van der Waals surface area contributed by atoms with Gasteiger partial charge >= 0.3 is 0 Å². The summed E-state index contributed by atoms with van der Waals surface area (Å²) in [5.74, 6) is 1.32. The second-order valence-electron chi connectivity index (χ2n) is 3.90. The van der Waals surface area contributed by atoms with Gasteiger partial charge in [0.05, 0.1) is 12.1 Å². The Balaban J connectivity index is 2.24. The Kier molecular flexibility index (Phi) is 5.43. The molecule has 106 valence electrons. The summed E-state index contributed by atoms with van der Waals surface area (Å²) in [6.45, 7) is 2.92. The van der Waals surface area contributed by atoms with Crippen molar-refractivity contribution in [2.45, 2.75) is 23.4 Å². The third kappa shape index (κ3) is 3.74. The van der Waals surface area contributed by atoms with Crippen molar-refractivity contribution < 1.29 is 4.74 Å². The minimum Gasteiger partial charge on any atom is -0.490 e. The summed E-state index contributed by atoms with van der Waals surface area (Å²) in [5, 5.41) is 5.34. The van der Waals surface area contributed by atoms with E-state index in [2.05, 4.69) is 27.2 Å². The maximum absolute atomic E-state index is 5.82. The molecule has 0 amide bonds. The Morgan fingerprint density at radius 1 is 1.30 bits per heavy atom. The Labute approximate surface area is 127 Å². The average Bonchev–Trinajstić information content (AvgIpc) is 2.47. The molecule has 0 aliphatic rings. The smallest absolute Gasteiger partial charge is 0.194 e. The van der Waals surface area contributed by atoms with Gasteiger partial charge in [-0.25, -0.2) is 15.0 Å². The van der Waals surface area contributed by atoms with Crippen LogP contribution in [0.3, 0.4) is 0 Å². The van der Waals surface area contributed by atoms with Gasteiger partial charge in [-0.2, -0.15) is 0 Å². The molecule has 0 aliphatic heterocycles. The zero-order valence-corrected chi connectivity index (χ0v) is 12.8. The van der Waals surface area contributed by atoms with Crippen molar-refractivity contribution >= 4 is 29.2 Å². The van der Waals surface area contributed by atoms with E-state index in [4.69, 9.17) is 16.3 Å². The zero-order chi connectivity index (χ0) is 14.4. The number of ether oxygens (including phenoxy) is 1. The molecule has 0 fully saturated rings. The summed E-state index contributed by atoms with van der Waals surface area (Å²) in [7, 11) is 1.61. The maximum atomic E-state index is 5.82. The summed E-state index contributed by atoms with van der Waals surface area (Å²) in [6, 6.07) is 3.63. The number of hydrogen-bond donors (Lipinski definition) is 1. The first-order valence-electron chi connectivity index (χ1n) is 6.17. The number of hydrogen-bond acceptors (Lipinski definition) is 6. The minimum absolute atomic E-state index is 0.606. The van der Waals surface area contributed by atoms with E-state index in [1.54, 1.807) is 19.4 Å². The van der Waals surface area contributed by atoms with Crippen molar-refractivity contribution in [1.29, 1.82) is 0 Å². The van der Waals surface area contributed by atoms with Gasteiger partial charge in [0.2, 0.25) is 0 Å². The topological polar surface area (TPSA) is 59.9 Å². The predicted octanol–water partition coefficient (Wildman–Crippen LogP) is 3.51. The number of rotatable bonds is 6. The molecule has 0 aromatic carbocycles. The predicted molar refractivity (Wildman–Crippen MR) is 80.7 cm³/mol. The Hall–Kier alpha value is -1.53. The van der Waals surface area contributed by atoms with Crippen molar-refractivity contribution in [1.82, 2.24) is 15.0 Å². The number of anilines is 1. The van der Waals surface area contributed by atoms with E-state index in [9.17, 15) is 0 Å². The van der Waals surface area contributed by atoms with Crippen LogP contribution < -0.4 is 10.1 Å². The highest BCUT2D eigenvalue weighted by molar-refractivity contribution is 7.99. The molecule has 1 N–H and O–H groups in total. The number of nitrogens with zero attached hydrogens (tertiary/aromatic N) is 3. The molecule has 0 bridgehead atoms. The van der Waals surface area contributed by atoms with Crippen LogP contribution in [0.25, 0.3) is 0 Å². The number of pyridine rings is 1. The zero-order valence-electron chi connectivity index (χ0n) is 11.3. The molecule has 0 saturated heterocycles. The lowest BCUT2D eigenvalue weighted by atomic mass is 10.4. The van der Waals surface area contributed by atoms with E-state index in [-0.39, 0.29) is 0 Å². The Bertz CT molecular complexity index is 565. The normalized spacial score (nSPS) is 10.3. The van der Waals surface area contributed by atoms with Crippen molar-refractivity contribution in [2.75, 3.05) is 19.0 Å². The van der Waals surface area contributed by atoms with E-state index in [0.717, 1.165) is 23.0 Å². The SMILES string of the molecule is CCCNc1ncnc(Sc2ccc(Cl)cn2)c1OC. The molecule has 5 nitrogen and oxygen atoms in total. The van der Waals surface area contributed by atoms with Gasteiger partial charge in [0, 0.05) is 12.7 Å². The van der Waals surface area contributed by atoms with Crippen LogP contribution in [0.2, 0.25) is 5.02 Å². The molecule has 0 unspecified atom stereocenters. The van der Waals surface area contributed by atoms with Crippen LogP contribution >= 0.6 is 23.4 Å². The molecule has 0 atom stereocenters. The second kappa shape index (κ2) is 7.31. The molecular formula is C13H15ClN4OS. The summed E-state index contributed by atoms with van der Waals surface area (Å²) < 4.78 is 5.41. The minimum atomic E-state index is 0.606. The van der Waals surface area contributed by atoms with E-state index >= 15 is 0 Å². The standard InChI is InChI=1S/C13H15ClN4OS/c1-3-6-15-12-11(19-2)13(18-8-17-12)20-10-5-4-9(14)7-16-10/h4-5,7-8H,3,6H2,1-2H3,(H,15,17,18). The molecule has 7 heteroatoms. The molecule has 0 spiro atoms. The lowest BCUT2D eigenvalue weighted by Crippen LogP contribution is -2.05. The summed E-state index contributed by atoms with van der Waals surface area (Å²) in [4.78, 5) is 12.7. The molecule has 2 rings (SSSR count). The van der Waals surface area contributed by atoms with Crippen LogP contribution in [0.5, 0.6) is 5.75 Å². The molecule has 0 radical (unpaired) electrons. The highest BCUT2D eigenvalue weighted by Gasteiger charge is 2.13. The van der Waals surface area contributed by atoms with Crippen LogP contribution in [0, 0.1) is 0 Å². The first kappa shape index (κ1) is 14.9. The van der Waals surface area contributed by atoms with Crippen LogP contribution in [0.15, 0.2) is 34.7 Å². The molecule has 2 aromatic heterocycles. The molecule has 2 aromatic rings. The number of nitrogens with one attached hydrogen (secondary N) is 1. The van der Waals surface area contributed by atoms with Gasteiger partial charge in [-0.3, -0.25) is 0 Å². The van der Waals surface area contributed by atoms with Gasteiger partial charge in [0.25, 0.3) is 0 Å². The fraction of sp³-hybridized carbons (Fsp3) is 0.308. The number of halogens is 1. The van der Waals surface area contributed by atoms with E-state index in [1.807, 2.05) is 6.07 Å². The average molecular weight is 311 g/mol. The third-order valence-corrected chi connectivity index (χ3v) is 3.58. The quantitative estimate of drug-likeness (QED) is 0.824. The van der Waals surface area contributed by atoms with Crippen LogP contribution in [0.4, 0.5) is 5.82 Å². The first-order valence-corrected chi connectivity index (χ1v) is 7.36. The number of methoxy groups -OCH3 is 1. The molecule has 0 aliphatic carbocycles. The van der Waals surface area contributed by atoms with Crippen molar-refractivity contribution in [3.05, 3.63) is 29.7 Å². The van der Waals surface area contributed by atoms with Gasteiger partial charge in [-0.05, 0) is 30.3 Å². The van der Waals surface area contributed by atoms with E-state index < -0.39 is 0 Å². The monoisotopic (exact) mass is 310 g/mol. The molecule has 0 saturated carbocycles. The van der Waals surface area contributed by atoms with Crippen LogP contribution in [0.1, 0.15) is 13.3 Å². The number of aromatic nitrogens is 3.